The van der Waals surface area contributed by atoms with Crippen LogP contribution in [-0.2, 0) is 6.54 Å². The van der Waals surface area contributed by atoms with Crippen molar-refractivity contribution in [3.63, 3.8) is 0 Å². The number of hydrogen-bond donors (Lipinski definition) is 2. The number of nitrogen functional groups attached to an aromatic ring is 1. The van der Waals surface area contributed by atoms with Gasteiger partial charge in [-0.05, 0) is 23.8 Å². The zero-order chi connectivity index (χ0) is 20.1. The highest BCUT2D eigenvalue weighted by Crippen LogP contribution is 2.30. The number of pyridine rings is 1. The Bertz CT molecular complexity index is 1480. The van der Waals surface area contributed by atoms with Gasteiger partial charge in [-0.3, -0.25) is 4.79 Å². The maximum absolute atomic E-state index is 13.4. The van der Waals surface area contributed by atoms with E-state index in [0.29, 0.717) is 17.6 Å². The first kappa shape index (κ1) is 17.0. The molecule has 0 fully saturated rings. The Morgan fingerprint density at radius 1 is 1.07 bits per heavy atom. The minimum Gasteiger partial charge on any atom is -0.478 e. The van der Waals surface area contributed by atoms with E-state index in [-0.39, 0.29) is 27.9 Å². The summed E-state index contributed by atoms with van der Waals surface area (Å²) in [5.74, 6) is -1.44. The highest BCUT2D eigenvalue weighted by atomic mass is 16.4. The number of carboxylic acid groups (broad SMARTS) is 1. The SMILES string of the molecule is Nc1nc2oc3c4ccccc4n(Cc4ccccc4)c3c(=O)c2cc1C(=O)O. The highest BCUT2D eigenvalue weighted by Gasteiger charge is 2.21. The topological polar surface area (TPSA) is 111 Å². The molecule has 0 saturated heterocycles. The summed E-state index contributed by atoms with van der Waals surface area (Å²) in [7, 11) is 0. The van der Waals surface area contributed by atoms with Crippen LogP contribution in [0.3, 0.4) is 0 Å². The molecule has 0 aliphatic carbocycles. The lowest BCUT2D eigenvalue weighted by Gasteiger charge is -2.08. The molecule has 142 valence electrons. The molecule has 29 heavy (non-hydrogen) atoms. The molecule has 3 heterocycles. The van der Waals surface area contributed by atoms with Gasteiger partial charge in [-0.2, -0.15) is 4.98 Å². The fourth-order valence-corrected chi connectivity index (χ4v) is 3.68. The van der Waals surface area contributed by atoms with E-state index in [0.717, 1.165) is 16.5 Å². The van der Waals surface area contributed by atoms with E-state index in [2.05, 4.69) is 4.98 Å². The second-order valence-corrected chi connectivity index (χ2v) is 6.78. The first-order valence-corrected chi connectivity index (χ1v) is 8.96. The molecule has 3 aromatic heterocycles. The van der Waals surface area contributed by atoms with Gasteiger partial charge in [0, 0.05) is 11.9 Å². The lowest BCUT2D eigenvalue weighted by atomic mass is 10.2. The van der Waals surface area contributed by atoms with Crippen LogP contribution < -0.4 is 11.2 Å². The Kier molecular flexibility index (Phi) is 3.64. The molecule has 2 aromatic carbocycles. The summed E-state index contributed by atoms with van der Waals surface area (Å²) >= 11 is 0. The number of fused-ring (bicyclic) bond motifs is 4. The quantitative estimate of drug-likeness (QED) is 0.491. The van der Waals surface area contributed by atoms with Crippen LogP contribution in [0, 0.1) is 0 Å². The van der Waals surface area contributed by atoms with Crippen LogP contribution in [0.25, 0.3) is 33.1 Å². The Labute approximate surface area is 163 Å². The summed E-state index contributed by atoms with van der Waals surface area (Å²) in [6, 6.07) is 18.6. The van der Waals surface area contributed by atoms with Gasteiger partial charge in [-0.25, -0.2) is 4.79 Å². The lowest BCUT2D eigenvalue weighted by Crippen LogP contribution is -2.12. The van der Waals surface area contributed by atoms with E-state index in [1.165, 1.54) is 6.07 Å². The number of nitrogens with two attached hydrogens (primary N) is 1. The number of carbonyl (C=O) groups is 1. The van der Waals surface area contributed by atoms with Gasteiger partial charge in [-0.1, -0.05) is 42.5 Å². The van der Waals surface area contributed by atoms with Gasteiger partial charge in [-0.15, -0.1) is 0 Å². The van der Waals surface area contributed by atoms with Gasteiger partial charge in [0.25, 0.3) is 0 Å². The van der Waals surface area contributed by atoms with Crippen molar-refractivity contribution in [2.24, 2.45) is 0 Å². The van der Waals surface area contributed by atoms with E-state index in [1.807, 2.05) is 59.2 Å². The maximum Gasteiger partial charge on any atom is 0.339 e. The van der Waals surface area contributed by atoms with Crippen LogP contribution in [0.2, 0.25) is 0 Å². The molecule has 0 bridgehead atoms. The lowest BCUT2D eigenvalue weighted by molar-refractivity contribution is 0.0698. The predicted molar refractivity (Wildman–Crippen MR) is 110 cm³/mol. The Balaban J connectivity index is 1.92. The molecule has 0 amide bonds. The molecule has 5 rings (SSSR count). The fraction of sp³-hybridized carbons (Fsp3) is 0.0455. The zero-order valence-corrected chi connectivity index (χ0v) is 15.1. The summed E-state index contributed by atoms with van der Waals surface area (Å²) in [4.78, 5) is 28.9. The summed E-state index contributed by atoms with van der Waals surface area (Å²) in [5, 5.41) is 10.2. The van der Waals surface area contributed by atoms with Crippen molar-refractivity contribution in [2.45, 2.75) is 6.54 Å². The zero-order valence-electron chi connectivity index (χ0n) is 15.1. The van der Waals surface area contributed by atoms with E-state index in [1.54, 1.807) is 0 Å². The van der Waals surface area contributed by atoms with Crippen molar-refractivity contribution in [1.82, 2.24) is 9.55 Å². The van der Waals surface area contributed by atoms with Crippen molar-refractivity contribution in [3.05, 3.63) is 82.0 Å². The van der Waals surface area contributed by atoms with Gasteiger partial charge in [0.15, 0.2) is 5.58 Å². The minimum absolute atomic E-state index is 0.0209. The molecule has 7 nitrogen and oxygen atoms in total. The first-order valence-electron chi connectivity index (χ1n) is 8.96. The van der Waals surface area contributed by atoms with E-state index in [4.69, 9.17) is 10.2 Å². The molecule has 0 unspecified atom stereocenters. The van der Waals surface area contributed by atoms with Crippen LogP contribution in [0.4, 0.5) is 5.82 Å². The van der Waals surface area contributed by atoms with E-state index in [9.17, 15) is 14.7 Å². The van der Waals surface area contributed by atoms with Gasteiger partial charge in [0.05, 0.1) is 10.9 Å². The van der Waals surface area contributed by atoms with E-state index < -0.39 is 5.97 Å². The minimum atomic E-state index is -1.25. The average molecular weight is 385 g/mol. The molecule has 0 atom stereocenters. The Hall–Kier alpha value is -4.13. The Morgan fingerprint density at radius 3 is 2.55 bits per heavy atom. The monoisotopic (exact) mass is 385 g/mol. The summed E-state index contributed by atoms with van der Waals surface area (Å²) in [5.41, 5.74) is 7.83. The van der Waals surface area contributed by atoms with Crippen LogP contribution in [0.5, 0.6) is 0 Å². The van der Waals surface area contributed by atoms with Gasteiger partial charge in [0.1, 0.15) is 16.9 Å². The molecule has 0 radical (unpaired) electrons. The number of anilines is 1. The summed E-state index contributed by atoms with van der Waals surface area (Å²) in [6.07, 6.45) is 0. The van der Waals surface area contributed by atoms with E-state index >= 15 is 0 Å². The number of benzene rings is 2. The molecule has 0 saturated carbocycles. The van der Waals surface area contributed by atoms with Crippen LogP contribution in [0.1, 0.15) is 15.9 Å². The molecular formula is C22H15N3O4. The molecule has 3 N–H and O–H groups in total. The van der Waals surface area contributed by atoms with Crippen molar-refractivity contribution >= 4 is 44.9 Å². The number of rotatable bonds is 3. The highest BCUT2D eigenvalue weighted by molar-refractivity contribution is 6.07. The van der Waals surface area contributed by atoms with Crippen molar-refractivity contribution in [1.29, 1.82) is 0 Å². The molecule has 5 aromatic rings. The number of carboxylic acids is 1. The van der Waals surface area contributed by atoms with Crippen LogP contribution in [0.15, 0.2) is 69.9 Å². The maximum atomic E-state index is 13.4. The molecule has 0 aliphatic heterocycles. The second kappa shape index (κ2) is 6.20. The van der Waals surface area contributed by atoms with Crippen molar-refractivity contribution in [2.75, 3.05) is 5.73 Å². The summed E-state index contributed by atoms with van der Waals surface area (Å²) < 4.78 is 7.86. The number of aromatic nitrogens is 2. The van der Waals surface area contributed by atoms with Crippen molar-refractivity contribution in [3.8, 4) is 0 Å². The fourth-order valence-electron chi connectivity index (χ4n) is 3.68. The van der Waals surface area contributed by atoms with Gasteiger partial charge < -0.3 is 19.8 Å². The number of nitrogens with zero attached hydrogens (tertiary/aromatic N) is 2. The second-order valence-electron chi connectivity index (χ2n) is 6.78. The smallest absolute Gasteiger partial charge is 0.339 e. The number of para-hydroxylation sites is 1. The predicted octanol–water partition coefficient (Wildman–Crippen LogP) is 3.62. The molecular weight excluding hydrogens is 370 g/mol. The number of hydrogen-bond acceptors (Lipinski definition) is 5. The van der Waals surface area contributed by atoms with Gasteiger partial charge in [0.2, 0.25) is 11.1 Å². The third-order valence-corrected chi connectivity index (χ3v) is 5.01. The average Bonchev–Trinajstić information content (AvgIpc) is 3.02. The molecule has 0 aliphatic rings. The third-order valence-electron chi connectivity index (χ3n) is 5.01. The standard InChI is InChI=1S/C22H15N3O4/c23-20-15(22(27)28)10-14-18(26)17-19(29-21(14)24-20)13-8-4-5-9-16(13)25(17)11-12-6-2-1-3-7-12/h1-10H,11H2,(H2,23,24)(H,27,28). The largest absolute Gasteiger partial charge is 0.478 e. The normalized spacial score (nSPS) is 11.4. The third kappa shape index (κ3) is 2.55. The molecule has 0 spiro atoms. The van der Waals surface area contributed by atoms with Crippen LogP contribution in [-0.4, -0.2) is 20.6 Å². The first-order chi connectivity index (χ1) is 14.0. The summed E-state index contributed by atoms with van der Waals surface area (Å²) in [6.45, 7) is 0.468. The molecule has 7 heteroatoms. The van der Waals surface area contributed by atoms with Gasteiger partial charge >= 0.3 is 5.97 Å². The van der Waals surface area contributed by atoms with Crippen LogP contribution >= 0.6 is 0 Å². The van der Waals surface area contributed by atoms with Crippen molar-refractivity contribution < 1.29 is 14.3 Å². The number of aromatic carboxylic acids is 1. The Morgan fingerprint density at radius 2 is 1.79 bits per heavy atom.